The number of carbonyl (C=O) groups excluding carboxylic acids is 1. The smallest absolute Gasteiger partial charge is 0.243 e. The van der Waals surface area contributed by atoms with Crippen LogP contribution in [0.1, 0.15) is 6.42 Å². The molecule has 0 aliphatic carbocycles. The molecule has 6 nitrogen and oxygen atoms in total. The predicted octanol–water partition coefficient (Wildman–Crippen LogP) is 0.471. The van der Waals surface area contributed by atoms with Crippen LogP contribution in [0.25, 0.3) is 0 Å². The van der Waals surface area contributed by atoms with Crippen molar-refractivity contribution < 1.29 is 13.2 Å². The third-order valence-corrected chi connectivity index (χ3v) is 5.66. The minimum atomic E-state index is -3.45. The van der Waals surface area contributed by atoms with Crippen LogP contribution in [0.3, 0.4) is 0 Å². The fraction of sp³-hybridized carbons (Fsp3) is 0.533. The molecule has 1 aromatic carbocycles. The van der Waals surface area contributed by atoms with Crippen LogP contribution in [-0.4, -0.2) is 75.2 Å². The summed E-state index contributed by atoms with van der Waals surface area (Å²) in [5.74, 6) is 0.0884. The Hall–Kier alpha value is -1.44. The van der Waals surface area contributed by atoms with Gasteiger partial charge < -0.3 is 9.80 Å². The molecule has 1 saturated heterocycles. The molecule has 22 heavy (non-hydrogen) atoms. The maximum Gasteiger partial charge on any atom is 0.243 e. The number of nitrogens with zero attached hydrogens (tertiary/aromatic N) is 3. The van der Waals surface area contributed by atoms with Crippen molar-refractivity contribution in [2.75, 3.05) is 46.8 Å². The highest BCUT2D eigenvalue weighted by atomic mass is 32.2. The fourth-order valence-electron chi connectivity index (χ4n) is 2.40. The molecular weight excluding hydrogens is 302 g/mol. The van der Waals surface area contributed by atoms with E-state index in [4.69, 9.17) is 0 Å². The van der Waals surface area contributed by atoms with Crippen molar-refractivity contribution >= 4 is 15.9 Å². The quantitative estimate of drug-likeness (QED) is 0.790. The van der Waals surface area contributed by atoms with Gasteiger partial charge >= 0.3 is 0 Å². The first-order valence-electron chi connectivity index (χ1n) is 7.39. The normalized spacial score (nSPS) is 17.0. The van der Waals surface area contributed by atoms with Crippen molar-refractivity contribution in [3.63, 3.8) is 0 Å². The number of hydrogen-bond acceptors (Lipinski definition) is 4. The molecule has 1 fully saturated rings. The Morgan fingerprint density at radius 2 is 1.68 bits per heavy atom. The molecule has 0 aromatic heterocycles. The van der Waals surface area contributed by atoms with Crippen molar-refractivity contribution in [3.05, 3.63) is 30.3 Å². The van der Waals surface area contributed by atoms with E-state index in [1.165, 1.54) is 4.31 Å². The zero-order chi connectivity index (χ0) is 16.2. The lowest BCUT2D eigenvalue weighted by atomic mass is 10.3. The van der Waals surface area contributed by atoms with Crippen molar-refractivity contribution in [2.45, 2.75) is 11.3 Å². The first kappa shape index (κ1) is 16.9. The lowest BCUT2D eigenvalue weighted by Crippen LogP contribution is -2.50. The summed E-state index contributed by atoms with van der Waals surface area (Å²) in [5.41, 5.74) is 0. The second-order valence-electron chi connectivity index (χ2n) is 5.65. The number of benzene rings is 1. The maximum absolute atomic E-state index is 12.5. The fourth-order valence-corrected chi connectivity index (χ4v) is 3.84. The number of carbonyl (C=O) groups is 1. The molecule has 0 saturated carbocycles. The van der Waals surface area contributed by atoms with Gasteiger partial charge in [0.1, 0.15) is 0 Å². The van der Waals surface area contributed by atoms with Crippen molar-refractivity contribution in [2.24, 2.45) is 0 Å². The second kappa shape index (κ2) is 7.21. The van der Waals surface area contributed by atoms with E-state index in [1.54, 1.807) is 35.2 Å². The zero-order valence-corrected chi connectivity index (χ0v) is 13.9. The molecular formula is C15H23N3O3S. The van der Waals surface area contributed by atoms with Gasteiger partial charge in [-0.25, -0.2) is 8.42 Å². The van der Waals surface area contributed by atoms with Crippen LogP contribution in [-0.2, 0) is 14.8 Å². The predicted molar refractivity (Wildman–Crippen MR) is 85.0 cm³/mol. The van der Waals surface area contributed by atoms with Crippen LogP contribution < -0.4 is 0 Å². The van der Waals surface area contributed by atoms with E-state index in [1.807, 2.05) is 19.0 Å². The Balaban J connectivity index is 1.93. The van der Waals surface area contributed by atoms with E-state index in [0.717, 1.165) is 0 Å². The van der Waals surface area contributed by atoms with Gasteiger partial charge in [-0.1, -0.05) is 18.2 Å². The zero-order valence-electron chi connectivity index (χ0n) is 13.1. The summed E-state index contributed by atoms with van der Waals surface area (Å²) in [7, 11) is 0.407. The van der Waals surface area contributed by atoms with Gasteiger partial charge in [0.05, 0.1) is 4.90 Å². The van der Waals surface area contributed by atoms with Gasteiger partial charge in [0.2, 0.25) is 15.9 Å². The molecule has 2 rings (SSSR count). The van der Waals surface area contributed by atoms with E-state index in [0.29, 0.717) is 44.0 Å². The molecule has 1 aromatic rings. The van der Waals surface area contributed by atoms with Gasteiger partial charge in [-0.15, -0.1) is 0 Å². The average Bonchev–Trinajstić information content (AvgIpc) is 2.53. The Kier molecular flexibility index (Phi) is 5.55. The average molecular weight is 325 g/mol. The Labute approximate surface area is 132 Å². The largest absolute Gasteiger partial charge is 0.340 e. The minimum absolute atomic E-state index is 0.0884. The van der Waals surface area contributed by atoms with E-state index in [-0.39, 0.29) is 5.91 Å². The highest BCUT2D eigenvalue weighted by Gasteiger charge is 2.29. The third kappa shape index (κ3) is 4.06. The third-order valence-electron chi connectivity index (χ3n) is 3.75. The molecule has 1 aliphatic rings. The first-order valence-corrected chi connectivity index (χ1v) is 8.83. The van der Waals surface area contributed by atoms with Crippen LogP contribution in [0.4, 0.5) is 0 Å². The summed E-state index contributed by atoms with van der Waals surface area (Å²) < 4.78 is 26.4. The molecule has 0 radical (unpaired) electrons. The van der Waals surface area contributed by atoms with Crippen LogP contribution in [0, 0.1) is 0 Å². The van der Waals surface area contributed by atoms with Crippen molar-refractivity contribution in [1.29, 1.82) is 0 Å². The van der Waals surface area contributed by atoms with Crippen LogP contribution in [0.15, 0.2) is 35.2 Å². The minimum Gasteiger partial charge on any atom is -0.340 e. The number of rotatable bonds is 5. The van der Waals surface area contributed by atoms with E-state index < -0.39 is 10.0 Å². The number of hydrogen-bond donors (Lipinski definition) is 0. The molecule has 1 amide bonds. The Morgan fingerprint density at radius 1 is 1.09 bits per heavy atom. The van der Waals surface area contributed by atoms with Gasteiger partial charge in [-0.05, 0) is 26.2 Å². The number of sulfonamides is 1. The van der Waals surface area contributed by atoms with Gasteiger partial charge in [-0.2, -0.15) is 4.31 Å². The topological polar surface area (TPSA) is 60.9 Å². The van der Waals surface area contributed by atoms with Crippen molar-refractivity contribution in [3.8, 4) is 0 Å². The summed E-state index contributed by atoms with van der Waals surface area (Å²) in [4.78, 5) is 16.1. The molecule has 1 heterocycles. The summed E-state index contributed by atoms with van der Waals surface area (Å²) in [5, 5.41) is 0. The molecule has 7 heteroatoms. The number of piperazine rings is 1. The highest BCUT2D eigenvalue weighted by molar-refractivity contribution is 7.89. The van der Waals surface area contributed by atoms with Crippen LogP contribution >= 0.6 is 0 Å². The summed E-state index contributed by atoms with van der Waals surface area (Å²) in [6.07, 6.45) is 0.471. The molecule has 0 N–H and O–H groups in total. The van der Waals surface area contributed by atoms with Gasteiger partial charge in [0.25, 0.3) is 0 Å². The van der Waals surface area contributed by atoms with Gasteiger partial charge in [-0.3, -0.25) is 4.79 Å². The summed E-state index contributed by atoms with van der Waals surface area (Å²) in [6.45, 7) is 2.33. The van der Waals surface area contributed by atoms with Crippen LogP contribution in [0.2, 0.25) is 0 Å². The lowest BCUT2D eigenvalue weighted by molar-refractivity contribution is -0.132. The molecule has 0 atom stereocenters. The Bertz CT molecular complexity index is 594. The van der Waals surface area contributed by atoms with E-state index in [9.17, 15) is 13.2 Å². The van der Waals surface area contributed by atoms with E-state index >= 15 is 0 Å². The molecule has 1 aliphatic heterocycles. The summed E-state index contributed by atoms with van der Waals surface area (Å²) in [6, 6.07) is 8.43. The highest BCUT2D eigenvalue weighted by Crippen LogP contribution is 2.17. The molecule has 0 unspecified atom stereocenters. The first-order chi connectivity index (χ1) is 10.4. The van der Waals surface area contributed by atoms with Crippen LogP contribution in [0.5, 0.6) is 0 Å². The van der Waals surface area contributed by atoms with E-state index in [2.05, 4.69) is 0 Å². The lowest BCUT2D eigenvalue weighted by Gasteiger charge is -2.34. The SMILES string of the molecule is CN(C)CCC(=O)N1CCN(S(=O)(=O)c2ccccc2)CC1. The molecule has 122 valence electrons. The second-order valence-corrected chi connectivity index (χ2v) is 7.59. The summed E-state index contributed by atoms with van der Waals surface area (Å²) >= 11 is 0. The maximum atomic E-state index is 12.5. The standard InChI is InChI=1S/C15H23N3O3S/c1-16(2)9-8-15(19)17-10-12-18(13-11-17)22(20,21)14-6-4-3-5-7-14/h3-7H,8-13H2,1-2H3. The number of amides is 1. The van der Waals surface area contributed by atoms with Gasteiger partial charge in [0, 0.05) is 39.1 Å². The molecule has 0 bridgehead atoms. The monoisotopic (exact) mass is 325 g/mol. The van der Waals surface area contributed by atoms with Crippen molar-refractivity contribution in [1.82, 2.24) is 14.1 Å². The Morgan fingerprint density at radius 3 is 2.23 bits per heavy atom. The molecule has 0 spiro atoms. The van der Waals surface area contributed by atoms with Gasteiger partial charge in [0.15, 0.2) is 0 Å².